The van der Waals surface area contributed by atoms with Crippen molar-refractivity contribution in [1.82, 2.24) is 15.5 Å². The van der Waals surface area contributed by atoms with Gasteiger partial charge in [-0.15, -0.1) is 0 Å². The van der Waals surface area contributed by atoms with Crippen LogP contribution in [-0.4, -0.2) is 22.7 Å². The topological polar surface area (TPSA) is 51.0 Å². The second kappa shape index (κ2) is 4.41. The lowest BCUT2D eigenvalue weighted by Gasteiger charge is -2.09. The predicted octanol–water partition coefficient (Wildman–Crippen LogP) is 2.44. The molecule has 0 spiro atoms. The van der Waals surface area contributed by atoms with Crippen LogP contribution in [0.25, 0.3) is 0 Å². The van der Waals surface area contributed by atoms with Crippen molar-refractivity contribution in [3.05, 3.63) is 11.7 Å². The Balaban J connectivity index is 1.74. The summed E-state index contributed by atoms with van der Waals surface area (Å²) in [6.07, 6.45) is 4.86. The molecular formula is C13H21N3O. The highest BCUT2D eigenvalue weighted by Crippen LogP contribution is 2.37. The Hall–Kier alpha value is -0.900. The Kier molecular flexibility index (Phi) is 2.90. The third kappa shape index (κ3) is 2.10. The minimum Gasteiger partial charge on any atom is -0.339 e. The van der Waals surface area contributed by atoms with Gasteiger partial charge in [0.25, 0.3) is 0 Å². The first-order valence-corrected chi connectivity index (χ1v) is 6.81. The number of nitrogens with one attached hydrogen (secondary N) is 1. The molecular weight excluding hydrogens is 214 g/mol. The van der Waals surface area contributed by atoms with E-state index in [1.807, 2.05) is 0 Å². The first-order valence-electron chi connectivity index (χ1n) is 6.81. The summed E-state index contributed by atoms with van der Waals surface area (Å²) in [5, 5.41) is 7.62. The zero-order chi connectivity index (χ0) is 11.8. The molecule has 2 aliphatic rings. The molecule has 1 N–H and O–H groups in total. The Morgan fingerprint density at radius 2 is 2.12 bits per heavy atom. The van der Waals surface area contributed by atoms with E-state index < -0.39 is 0 Å². The van der Waals surface area contributed by atoms with Crippen LogP contribution in [0.3, 0.4) is 0 Å². The maximum Gasteiger partial charge on any atom is 0.231 e. The number of hydrogen-bond acceptors (Lipinski definition) is 4. The largest absolute Gasteiger partial charge is 0.339 e. The standard InChI is InChI=1S/C13H21N3O/c1-8-3-4-10(7-8)12-15-13(17-16-12)11-5-6-14-9(11)2/h8-11,14H,3-7H2,1-2H3. The summed E-state index contributed by atoms with van der Waals surface area (Å²) >= 11 is 0. The fourth-order valence-corrected chi connectivity index (χ4v) is 3.20. The first kappa shape index (κ1) is 11.2. The van der Waals surface area contributed by atoms with E-state index in [-0.39, 0.29) is 0 Å². The molecule has 2 fully saturated rings. The zero-order valence-electron chi connectivity index (χ0n) is 10.6. The van der Waals surface area contributed by atoms with Crippen molar-refractivity contribution in [3.63, 3.8) is 0 Å². The number of rotatable bonds is 2. The summed E-state index contributed by atoms with van der Waals surface area (Å²) < 4.78 is 5.47. The van der Waals surface area contributed by atoms with E-state index in [1.165, 1.54) is 19.3 Å². The molecule has 0 aromatic carbocycles. The van der Waals surface area contributed by atoms with Crippen LogP contribution >= 0.6 is 0 Å². The van der Waals surface area contributed by atoms with Gasteiger partial charge in [-0.3, -0.25) is 0 Å². The normalized spacial score (nSPS) is 37.8. The van der Waals surface area contributed by atoms with Crippen LogP contribution < -0.4 is 5.32 Å². The third-order valence-corrected chi connectivity index (χ3v) is 4.36. The molecule has 94 valence electrons. The van der Waals surface area contributed by atoms with Gasteiger partial charge in [-0.05, 0) is 45.1 Å². The quantitative estimate of drug-likeness (QED) is 0.855. The lowest BCUT2D eigenvalue weighted by molar-refractivity contribution is 0.339. The van der Waals surface area contributed by atoms with Crippen molar-refractivity contribution < 1.29 is 4.52 Å². The van der Waals surface area contributed by atoms with Crippen molar-refractivity contribution in [1.29, 1.82) is 0 Å². The van der Waals surface area contributed by atoms with E-state index >= 15 is 0 Å². The van der Waals surface area contributed by atoms with Gasteiger partial charge in [-0.25, -0.2) is 0 Å². The summed E-state index contributed by atoms with van der Waals surface area (Å²) in [6.45, 7) is 5.56. The first-order chi connectivity index (χ1) is 8.24. The molecule has 4 unspecified atom stereocenters. The second-order valence-electron chi connectivity index (χ2n) is 5.74. The fraction of sp³-hybridized carbons (Fsp3) is 0.846. The van der Waals surface area contributed by atoms with Gasteiger partial charge in [-0.2, -0.15) is 4.98 Å². The minimum atomic E-state index is 0.412. The smallest absolute Gasteiger partial charge is 0.231 e. The maximum atomic E-state index is 5.47. The lowest BCUT2D eigenvalue weighted by Crippen LogP contribution is -2.21. The Morgan fingerprint density at radius 1 is 1.24 bits per heavy atom. The number of hydrogen-bond donors (Lipinski definition) is 1. The van der Waals surface area contributed by atoms with Crippen LogP contribution in [0.4, 0.5) is 0 Å². The lowest BCUT2D eigenvalue weighted by atomic mass is 10.0. The van der Waals surface area contributed by atoms with Gasteiger partial charge in [0.15, 0.2) is 5.82 Å². The summed E-state index contributed by atoms with van der Waals surface area (Å²) in [4.78, 5) is 4.64. The summed E-state index contributed by atoms with van der Waals surface area (Å²) in [6, 6.07) is 0.464. The molecule has 0 amide bonds. The van der Waals surface area contributed by atoms with Crippen molar-refractivity contribution in [3.8, 4) is 0 Å². The van der Waals surface area contributed by atoms with Crippen LogP contribution in [0, 0.1) is 5.92 Å². The van der Waals surface area contributed by atoms with Gasteiger partial charge in [0.05, 0.1) is 5.92 Å². The van der Waals surface area contributed by atoms with E-state index in [2.05, 4.69) is 29.3 Å². The summed E-state index contributed by atoms with van der Waals surface area (Å²) in [5.74, 6) is 3.55. The highest BCUT2D eigenvalue weighted by molar-refractivity contribution is 5.05. The fourth-order valence-electron chi connectivity index (χ4n) is 3.20. The van der Waals surface area contributed by atoms with Gasteiger partial charge in [-0.1, -0.05) is 12.1 Å². The van der Waals surface area contributed by atoms with Crippen LogP contribution in [0.5, 0.6) is 0 Å². The van der Waals surface area contributed by atoms with Crippen LogP contribution in [0.15, 0.2) is 4.52 Å². The molecule has 4 heteroatoms. The second-order valence-corrected chi connectivity index (χ2v) is 5.74. The molecule has 0 bridgehead atoms. The molecule has 1 aliphatic heterocycles. The third-order valence-electron chi connectivity index (χ3n) is 4.36. The van der Waals surface area contributed by atoms with Crippen molar-refractivity contribution in [2.24, 2.45) is 5.92 Å². The molecule has 1 saturated carbocycles. The van der Waals surface area contributed by atoms with Crippen molar-refractivity contribution >= 4 is 0 Å². The Morgan fingerprint density at radius 3 is 2.76 bits per heavy atom. The molecule has 3 rings (SSSR count). The van der Waals surface area contributed by atoms with Crippen molar-refractivity contribution in [2.75, 3.05) is 6.54 Å². The monoisotopic (exact) mass is 235 g/mol. The highest BCUT2D eigenvalue weighted by atomic mass is 16.5. The molecule has 2 heterocycles. The highest BCUT2D eigenvalue weighted by Gasteiger charge is 2.32. The number of aromatic nitrogens is 2. The SMILES string of the molecule is CC1CCC(c2noc(C3CCNC3C)n2)C1. The van der Waals surface area contributed by atoms with E-state index in [9.17, 15) is 0 Å². The molecule has 17 heavy (non-hydrogen) atoms. The van der Waals surface area contributed by atoms with Crippen LogP contribution in [0.1, 0.15) is 63.1 Å². The summed E-state index contributed by atoms with van der Waals surface area (Å²) in [5.41, 5.74) is 0. The molecule has 4 atom stereocenters. The van der Waals surface area contributed by atoms with E-state index in [0.717, 1.165) is 30.6 Å². The zero-order valence-corrected chi connectivity index (χ0v) is 10.6. The average Bonchev–Trinajstić information content (AvgIpc) is 2.97. The van der Waals surface area contributed by atoms with E-state index in [1.54, 1.807) is 0 Å². The molecule has 0 radical (unpaired) electrons. The molecule has 1 aliphatic carbocycles. The Bertz CT molecular complexity index is 390. The average molecular weight is 235 g/mol. The van der Waals surface area contributed by atoms with Gasteiger partial charge in [0, 0.05) is 12.0 Å². The van der Waals surface area contributed by atoms with Gasteiger partial charge in [0.2, 0.25) is 5.89 Å². The minimum absolute atomic E-state index is 0.412. The Labute approximate surface area is 102 Å². The maximum absolute atomic E-state index is 5.47. The molecule has 1 aromatic heterocycles. The van der Waals surface area contributed by atoms with Gasteiger partial charge in [0.1, 0.15) is 0 Å². The van der Waals surface area contributed by atoms with E-state index in [0.29, 0.717) is 17.9 Å². The van der Waals surface area contributed by atoms with Gasteiger partial charge >= 0.3 is 0 Å². The van der Waals surface area contributed by atoms with E-state index in [4.69, 9.17) is 4.52 Å². The van der Waals surface area contributed by atoms with Crippen LogP contribution in [-0.2, 0) is 0 Å². The van der Waals surface area contributed by atoms with Crippen LogP contribution in [0.2, 0.25) is 0 Å². The molecule has 1 saturated heterocycles. The van der Waals surface area contributed by atoms with Gasteiger partial charge < -0.3 is 9.84 Å². The number of nitrogens with zero attached hydrogens (tertiary/aromatic N) is 2. The van der Waals surface area contributed by atoms with Crippen molar-refractivity contribution in [2.45, 2.75) is 57.4 Å². The molecule has 1 aromatic rings. The summed E-state index contributed by atoms with van der Waals surface area (Å²) in [7, 11) is 0. The molecule has 4 nitrogen and oxygen atoms in total. The predicted molar refractivity (Wildman–Crippen MR) is 64.9 cm³/mol.